The number of esters is 1. The number of carbonyl (C=O) groups is 3. The molecule has 114 valence electrons. The van der Waals surface area contributed by atoms with Crippen LogP contribution in [-0.4, -0.2) is 43.8 Å². The zero-order valence-corrected chi connectivity index (χ0v) is 11.9. The number of fused-ring (bicyclic) bond motifs is 1. The van der Waals surface area contributed by atoms with Gasteiger partial charge in [0, 0.05) is 0 Å². The minimum Gasteiger partial charge on any atom is -0.495 e. The number of para-hydroxylation sites is 2. The molecule has 0 spiro atoms. The number of carbonyl (C=O) groups excluding carboxylic acids is 3. The quantitative estimate of drug-likeness (QED) is 0.607. The minimum atomic E-state index is -0.982. The number of nitrogens with one attached hydrogen (secondary N) is 1. The Morgan fingerprint density at radius 3 is 2.64 bits per heavy atom. The van der Waals surface area contributed by atoms with E-state index in [1.807, 2.05) is 0 Å². The van der Waals surface area contributed by atoms with Gasteiger partial charge >= 0.3 is 5.97 Å². The van der Waals surface area contributed by atoms with Crippen molar-refractivity contribution in [3.63, 3.8) is 0 Å². The number of ether oxygens (including phenoxy) is 2. The zero-order valence-electron chi connectivity index (χ0n) is 11.9. The first-order valence-corrected chi connectivity index (χ1v) is 6.52. The topological polar surface area (TPSA) is 97.3 Å². The molecule has 22 heavy (non-hydrogen) atoms. The van der Waals surface area contributed by atoms with E-state index < -0.39 is 29.7 Å². The van der Waals surface area contributed by atoms with E-state index in [0.29, 0.717) is 11.4 Å². The summed E-state index contributed by atoms with van der Waals surface area (Å²) in [6.45, 7) is 0. The summed E-state index contributed by atoms with van der Waals surface area (Å²) in [5, 5.41) is 3.76. The molecule has 0 bridgehead atoms. The minimum absolute atomic E-state index is 0.0942. The van der Waals surface area contributed by atoms with Gasteiger partial charge in [-0.25, -0.2) is 9.69 Å². The number of nitrogens with zero attached hydrogens (tertiary/aromatic N) is 2. The van der Waals surface area contributed by atoms with Crippen LogP contribution < -0.4 is 15.1 Å². The molecule has 2 heterocycles. The summed E-state index contributed by atoms with van der Waals surface area (Å²) in [6, 6.07) is 5.77. The van der Waals surface area contributed by atoms with Gasteiger partial charge in [0.25, 0.3) is 5.91 Å². The van der Waals surface area contributed by atoms with Crippen molar-refractivity contribution in [2.45, 2.75) is 6.04 Å². The highest BCUT2D eigenvalue weighted by Gasteiger charge is 2.56. The van der Waals surface area contributed by atoms with E-state index in [9.17, 15) is 14.4 Å². The number of benzene rings is 1. The van der Waals surface area contributed by atoms with Gasteiger partial charge in [-0.15, -0.1) is 0 Å². The van der Waals surface area contributed by atoms with Crippen LogP contribution in [0.3, 0.4) is 0 Å². The molecule has 0 aromatic heterocycles. The molecule has 1 N–H and O–H groups in total. The summed E-state index contributed by atoms with van der Waals surface area (Å²) in [4.78, 5) is 37.8. The van der Waals surface area contributed by atoms with Crippen LogP contribution in [0, 0.1) is 5.92 Å². The lowest BCUT2D eigenvalue weighted by molar-refractivity contribution is -0.133. The first-order valence-electron chi connectivity index (χ1n) is 6.52. The molecule has 3 rings (SSSR count). The summed E-state index contributed by atoms with van der Waals surface area (Å²) in [7, 11) is 2.64. The Hall–Kier alpha value is -2.90. The molecule has 1 fully saturated rings. The van der Waals surface area contributed by atoms with Gasteiger partial charge in [-0.1, -0.05) is 12.1 Å². The number of imide groups is 1. The largest absolute Gasteiger partial charge is 0.495 e. The summed E-state index contributed by atoms with van der Waals surface area (Å²) in [5.74, 6) is -2.34. The molecule has 2 aliphatic rings. The summed E-state index contributed by atoms with van der Waals surface area (Å²) in [5.41, 5.74) is 2.78. The molecule has 1 aromatic rings. The third kappa shape index (κ3) is 1.84. The molecule has 1 saturated heterocycles. The summed E-state index contributed by atoms with van der Waals surface area (Å²) >= 11 is 0. The van der Waals surface area contributed by atoms with Gasteiger partial charge in [-0.3, -0.25) is 15.0 Å². The Bertz CT molecular complexity index is 699. The SMILES string of the molecule is COC(=O)C1=NN[C@@H]2C(=O)N(c3ccccc3OC)C(=O)[C@@H]12. The fourth-order valence-electron chi connectivity index (χ4n) is 2.61. The third-order valence-electron chi connectivity index (χ3n) is 3.65. The molecule has 0 radical (unpaired) electrons. The van der Waals surface area contributed by atoms with E-state index in [2.05, 4.69) is 15.3 Å². The standard InChI is InChI=1S/C14H13N3O5/c1-21-8-6-4-3-5-7(8)17-12(18)9-10(13(17)19)15-16-11(9)14(20)22-2/h3-6,9-10,15H,1-2H3/t9-,10+/m1/s1. The normalized spacial score (nSPS) is 23.0. The van der Waals surface area contributed by atoms with E-state index in [4.69, 9.17) is 4.74 Å². The Morgan fingerprint density at radius 2 is 1.95 bits per heavy atom. The Balaban J connectivity index is 2.00. The predicted molar refractivity (Wildman–Crippen MR) is 75.4 cm³/mol. The highest BCUT2D eigenvalue weighted by atomic mass is 16.5. The molecule has 0 aliphatic carbocycles. The van der Waals surface area contributed by atoms with E-state index in [1.54, 1.807) is 24.3 Å². The fraction of sp³-hybridized carbons (Fsp3) is 0.286. The Morgan fingerprint density at radius 1 is 1.23 bits per heavy atom. The lowest BCUT2D eigenvalue weighted by Gasteiger charge is -2.18. The molecule has 1 aromatic carbocycles. The van der Waals surface area contributed by atoms with Crippen molar-refractivity contribution in [1.29, 1.82) is 0 Å². The molecular formula is C14H13N3O5. The fourth-order valence-corrected chi connectivity index (χ4v) is 2.61. The zero-order chi connectivity index (χ0) is 15.9. The van der Waals surface area contributed by atoms with Crippen LogP contribution in [0.5, 0.6) is 5.75 Å². The lowest BCUT2D eigenvalue weighted by atomic mass is 9.99. The van der Waals surface area contributed by atoms with Crippen LogP contribution >= 0.6 is 0 Å². The predicted octanol–water partition coefficient (Wildman–Crippen LogP) is -0.315. The second kappa shape index (κ2) is 5.14. The number of methoxy groups -OCH3 is 2. The van der Waals surface area contributed by atoms with Crippen molar-refractivity contribution in [2.75, 3.05) is 19.1 Å². The number of amides is 2. The smallest absolute Gasteiger partial charge is 0.355 e. The van der Waals surface area contributed by atoms with Gasteiger partial charge in [0.2, 0.25) is 5.91 Å². The van der Waals surface area contributed by atoms with Crippen LogP contribution in [0.15, 0.2) is 29.4 Å². The molecule has 2 atom stereocenters. The highest BCUT2D eigenvalue weighted by Crippen LogP contribution is 2.35. The average Bonchev–Trinajstić information content (AvgIpc) is 3.08. The van der Waals surface area contributed by atoms with Crippen molar-refractivity contribution in [3.05, 3.63) is 24.3 Å². The Labute approximate surface area is 125 Å². The van der Waals surface area contributed by atoms with Gasteiger partial charge in [-0.05, 0) is 12.1 Å². The summed E-state index contributed by atoms with van der Waals surface area (Å²) in [6.07, 6.45) is 0. The molecule has 2 aliphatic heterocycles. The van der Waals surface area contributed by atoms with E-state index in [0.717, 1.165) is 4.90 Å². The number of anilines is 1. The molecular weight excluding hydrogens is 290 g/mol. The third-order valence-corrected chi connectivity index (χ3v) is 3.65. The maximum atomic E-state index is 12.6. The van der Waals surface area contributed by atoms with Crippen LogP contribution in [-0.2, 0) is 19.1 Å². The van der Waals surface area contributed by atoms with E-state index >= 15 is 0 Å². The van der Waals surface area contributed by atoms with Crippen molar-refractivity contribution in [1.82, 2.24) is 5.43 Å². The van der Waals surface area contributed by atoms with Crippen LogP contribution in [0.25, 0.3) is 0 Å². The maximum Gasteiger partial charge on any atom is 0.355 e. The number of hydrazone groups is 1. The molecule has 8 nitrogen and oxygen atoms in total. The second-order valence-electron chi connectivity index (χ2n) is 4.76. The van der Waals surface area contributed by atoms with E-state index in [1.165, 1.54) is 14.2 Å². The van der Waals surface area contributed by atoms with Crippen molar-refractivity contribution in [3.8, 4) is 5.75 Å². The first kappa shape index (κ1) is 14.1. The van der Waals surface area contributed by atoms with Crippen LogP contribution in [0.4, 0.5) is 5.69 Å². The Kier molecular flexibility index (Phi) is 3.28. The number of hydrogen-bond acceptors (Lipinski definition) is 7. The molecule has 0 saturated carbocycles. The van der Waals surface area contributed by atoms with Crippen LogP contribution in [0.1, 0.15) is 0 Å². The van der Waals surface area contributed by atoms with Crippen LogP contribution in [0.2, 0.25) is 0 Å². The van der Waals surface area contributed by atoms with Gasteiger partial charge in [0.05, 0.1) is 19.9 Å². The first-order chi connectivity index (χ1) is 10.6. The lowest BCUT2D eigenvalue weighted by Crippen LogP contribution is -2.36. The molecule has 2 amide bonds. The number of rotatable bonds is 3. The van der Waals surface area contributed by atoms with Gasteiger partial charge in [0.15, 0.2) is 5.71 Å². The molecule has 0 unspecified atom stereocenters. The molecule has 8 heteroatoms. The monoisotopic (exact) mass is 303 g/mol. The van der Waals surface area contributed by atoms with Crippen molar-refractivity contribution in [2.24, 2.45) is 11.0 Å². The van der Waals surface area contributed by atoms with Gasteiger partial charge in [0.1, 0.15) is 17.7 Å². The van der Waals surface area contributed by atoms with Crippen molar-refractivity contribution >= 4 is 29.2 Å². The number of hydrogen-bond donors (Lipinski definition) is 1. The van der Waals surface area contributed by atoms with E-state index in [-0.39, 0.29) is 5.71 Å². The summed E-state index contributed by atoms with van der Waals surface area (Å²) < 4.78 is 9.78. The maximum absolute atomic E-state index is 12.6. The van der Waals surface area contributed by atoms with Gasteiger partial charge in [-0.2, -0.15) is 5.10 Å². The second-order valence-corrected chi connectivity index (χ2v) is 4.76. The average molecular weight is 303 g/mol. The van der Waals surface area contributed by atoms with Crippen molar-refractivity contribution < 1.29 is 23.9 Å². The van der Waals surface area contributed by atoms with Gasteiger partial charge < -0.3 is 9.47 Å². The highest BCUT2D eigenvalue weighted by molar-refractivity contribution is 6.46.